The molecule has 0 saturated heterocycles. The van der Waals surface area contributed by atoms with Gasteiger partial charge in [0.25, 0.3) is 5.91 Å². The van der Waals surface area contributed by atoms with Gasteiger partial charge in [0.05, 0.1) is 12.8 Å². The van der Waals surface area contributed by atoms with Crippen LogP contribution in [0.4, 0.5) is 0 Å². The van der Waals surface area contributed by atoms with Crippen LogP contribution in [0.15, 0.2) is 73.1 Å². The summed E-state index contributed by atoms with van der Waals surface area (Å²) in [4.78, 5) is 17.0. The van der Waals surface area contributed by atoms with E-state index in [0.29, 0.717) is 23.0 Å². The average Bonchev–Trinajstić information content (AvgIpc) is 3.24. The van der Waals surface area contributed by atoms with Gasteiger partial charge in [0.2, 0.25) is 0 Å². The van der Waals surface area contributed by atoms with Crippen molar-refractivity contribution in [3.63, 3.8) is 0 Å². The minimum atomic E-state index is -0.328. The van der Waals surface area contributed by atoms with Crippen LogP contribution in [-0.2, 0) is 6.54 Å². The largest absolute Gasteiger partial charge is 0.497 e. The van der Waals surface area contributed by atoms with Gasteiger partial charge in [-0.2, -0.15) is 0 Å². The van der Waals surface area contributed by atoms with Crippen molar-refractivity contribution in [3.05, 3.63) is 89.3 Å². The summed E-state index contributed by atoms with van der Waals surface area (Å²) in [5.74, 6) is 0.350. The number of benzene rings is 2. The minimum absolute atomic E-state index is 0.220. The number of rotatable bonds is 6. The van der Waals surface area contributed by atoms with E-state index in [9.17, 15) is 4.79 Å². The van der Waals surface area contributed by atoms with E-state index in [1.165, 1.54) is 0 Å². The fourth-order valence-corrected chi connectivity index (χ4v) is 3.12. The summed E-state index contributed by atoms with van der Waals surface area (Å²) < 4.78 is 6.93. The van der Waals surface area contributed by atoms with E-state index in [4.69, 9.17) is 16.3 Å². The van der Waals surface area contributed by atoms with Gasteiger partial charge in [-0.3, -0.25) is 9.78 Å². The molecule has 0 spiro atoms. The molecule has 1 amide bonds. The van der Waals surface area contributed by atoms with Crippen LogP contribution in [-0.4, -0.2) is 33.0 Å². The Morgan fingerprint density at radius 3 is 2.60 bits per heavy atom. The normalized spacial score (nSPS) is 10.6. The first kappa shape index (κ1) is 19.6. The summed E-state index contributed by atoms with van der Waals surface area (Å²) in [6, 6.07) is 18.3. The highest BCUT2D eigenvalue weighted by Crippen LogP contribution is 2.26. The van der Waals surface area contributed by atoms with Gasteiger partial charge in [0, 0.05) is 35.6 Å². The van der Waals surface area contributed by atoms with Crippen molar-refractivity contribution in [3.8, 4) is 22.7 Å². The number of nitrogens with zero attached hydrogens (tertiary/aromatic N) is 4. The second-order valence-corrected chi connectivity index (χ2v) is 6.88. The number of ether oxygens (including phenoxy) is 1. The number of halogens is 1. The summed E-state index contributed by atoms with van der Waals surface area (Å²) >= 11 is 5.92. The third-order valence-corrected chi connectivity index (χ3v) is 4.76. The van der Waals surface area contributed by atoms with Gasteiger partial charge in [-0.05, 0) is 42.0 Å². The van der Waals surface area contributed by atoms with Gasteiger partial charge in [-0.25, -0.2) is 4.68 Å². The minimum Gasteiger partial charge on any atom is -0.497 e. The molecule has 150 valence electrons. The van der Waals surface area contributed by atoms with Crippen molar-refractivity contribution >= 4 is 17.5 Å². The van der Waals surface area contributed by atoms with Gasteiger partial charge >= 0.3 is 0 Å². The van der Waals surface area contributed by atoms with E-state index in [1.807, 2.05) is 48.5 Å². The Balaban J connectivity index is 1.69. The molecule has 4 rings (SSSR count). The molecule has 0 atom stereocenters. The lowest BCUT2D eigenvalue weighted by molar-refractivity contribution is 0.0946. The number of methoxy groups -OCH3 is 1. The molecule has 7 nitrogen and oxygen atoms in total. The molecule has 2 heterocycles. The monoisotopic (exact) mass is 419 g/mol. The standard InChI is InChI=1S/C22H18ClN5O2/c1-30-19-4-2-3-18(13-19)28-21(16-9-11-24-12-10-16)20(26-27-28)22(29)25-14-15-5-7-17(23)8-6-15/h2-13H,14H2,1H3,(H,25,29). The Morgan fingerprint density at radius 2 is 1.87 bits per heavy atom. The van der Waals surface area contributed by atoms with Gasteiger partial charge in [-0.1, -0.05) is 35.0 Å². The predicted octanol–water partition coefficient (Wildman–Crippen LogP) is 3.92. The SMILES string of the molecule is COc1cccc(-n2nnc(C(=O)NCc3ccc(Cl)cc3)c2-c2ccncc2)c1. The highest BCUT2D eigenvalue weighted by atomic mass is 35.5. The Kier molecular flexibility index (Phi) is 5.72. The smallest absolute Gasteiger partial charge is 0.274 e. The van der Waals surface area contributed by atoms with Crippen molar-refractivity contribution in [2.75, 3.05) is 7.11 Å². The van der Waals surface area contributed by atoms with Crippen LogP contribution in [0.1, 0.15) is 16.1 Å². The molecule has 0 unspecified atom stereocenters. The third kappa shape index (κ3) is 4.16. The van der Waals surface area contributed by atoms with E-state index in [2.05, 4.69) is 20.6 Å². The lowest BCUT2D eigenvalue weighted by Gasteiger charge is -2.10. The van der Waals surface area contributed by atoms with E-state index in [-0.39, 0.29) is 11.6 Å². The Morgan fingerprint density at radius 1 is 1.10 bits per heavy atom. The topological polar surface area (TPSA) is 81.9 Å². The summed E-state index contributed by atoms with van der Waals surface area (Å²) in [7, 11) is 1.60. The molecule has 0 bridgehead atoms. The molecule has 0 aliphatic carbocycles. The van der Waals surface area contributed by atoms with Crippen LogP contribution in [0.5, 0.6) is 5.75 Å². The zero-order valence-corrected chi connectivity index (χ0v) is 16.9. The molecule has 0 radical (unpaired) electrons. The van der Waals surface area contributed by atoms with Gasteiger partial charge in [0.1, 0.15) is 11.4 Å². The van der Waals surface area contributed by atoms with Gasteiger partial charge < -0.3 is 10.1 Å². The van der Waals surface area contributed by atoms with Gasteiger partial charge in [-0.15, -0.1) is 5.10 Å². The second kappa shape index (κ2) is 8.75. The van der Waals surface area contributed by atoms with E-state index < -0.39 is 0 Å². The molecular weight excluding hydrogens is 402 g/mol. The fourth-order valence-electron chi connectivity index (χ4n) is 2.99. The Hall–Kier alpha value is -3.71. The highest BCUT2D eigenvalue weighted by Gasteiger charge is 2.22. The molecule has 8 heteroatoms. The number of hydrogen-bond acceptors (Lipinski definition) is 5. The quantitative estimate of drug-likeness (QED) is 0.512. The zero-order valence-electron chi connectivity index (χ0n) is 16.1. The summed E-state index contributed by atoms with van der Waals surface area (Å²) in [5.41, 5.74) is 3.22. The second-order valence-electron chi connectivity index (χ2n) is 6.44. The van der Waals surface area contributed by atoms with Gasteiger partial charge in [0.15, 0.2) is 5.69 Å². The van der Waals surface area contributed by atoms with Crippen LogP contribution in [0.25, 0.3) is 16.9 Å². The molecule has 0 aliphatic rings. The number of aromatic nitrogens is 4. The van der Waals surface area contributed by atoms with Crippen LogP contribution in [0.2, 0.25) is 5.02 Å². The van der Waals surface area contributed by atoms with Crippen molar-refractivity contribution in [1.82, 2.24) is 25.3 Å². The molecule has 0 fully saturated rings. The Labute approximate surface area is 178 Å². The average molecular weight is 420 g/mol. The number of amides is 1. The molecule has 2 aromatic heterocycles. The van der Waals surface area contributed by atoms with E-state index in [1.54, 1.807) is 36.3 Å². The van der Waals surface area contributed by atoms with Crippen molar-refractivity contribution in [2.45, 2.75) is 6.54 Å². The summed E-state index contributed by atoms with van der Waals surface area (Å²) in [6.07, 6.45) is 3.32. The fraction of sp³-hybridized carbons (Fsp3) is 0.0909. The molecule has 0 saturated carbocycles. The first-order chi connectivity index (χ1) is 14.7. The van der Waals surface area contributed by atoms with E-state index in [0.717, 1.165) is 16.8 Å². The molecule has 2 aromatic carbocycles. The first-order valence-corrected chi connectivity index (χ1v) is 9.56. The molecular formula is C22H18ClN5O2. The summed E-state index contributed by atoms with van der Waals surface area (Å²) in [6.45, 7) is 0.345. The maximum Gasteiger partial charge on any atom is 0.274 e. The number of nitrogens with one attached hydrogen (secondary N) is 1. The molecule has 0 aliphatic heterocycles. The predicted molar refractivity (Wildman–Crippen MR) is 114 cm³/mol. The van der Waals surface area contributed by atoms with Crippen molar-refractivity contribution in [2.24, 2.45) is 0 Å². The Bertz CT molecular complexity index is 1160. The van der Waals surface area contributed by atoms with Crippen molar-refractivity contribution < 1.29 is 9.53 Å². The number of pyridine rings is 1. The van der Waals surface area contributed by atoms with Crippen LogP contribution in [0.3, 0.4) is 0 Å². The van der Waals surface area contributed by atoms with Crippen molar-refractivity contribution in [1.29, 1.82) is 0 Å². The zero-order chi connectivity index (χ0) is 20.9. The van der Waals surface area contributed by atoms with E-state index >= 15 is 0 Å². The lowest BCUT2D eigenvalue weighted by atomic mass is 10.1. The maximum atomic E-state index is 13.0. The number of carbonyl (C=O) groups is 1. The first-order valence-electron chi connectivity index (χ1n) is 9.19. The maximum absolute atomic E-state index is 13.0. The third-order valence-electron chi connectivity index (χ3n) is 4.50. The van der Waals surface area contributed by atoms with Crippen LogP contribution < -0.4 is 10.1 Å². The van der Waals surface area contributed by atoms with Crippen LogP contribution in [0, 0.1) is 0 Å². The number of carbonyl (C=O) groups excluding carboxylic acids is 1. The summed E-state index contributed by atoms with van der Waals surface area (Å²) in [5, 5.41) is 11.9. The molecule has 4 aromatic rings. The highest BCUT2D eigenvalue weighted by molar-refractivity contribution is 6.30. The van der Waals surface area contributed by atoms with Crippen LogP contribution >= 0.6 is 11.6 Å². The lowest BCUT2D eigenvalue weighted by Crippen LogP contribution is -2.24. The number of hydrogen-bond donors (Lipinski definition) is 1. The molecule has 30 heavy (non-hydrogen) atoms. The molecule has 1 N–H and O–H groups in total.